The fourth-order valence-corrected chi connectivity index (χ4v) is 5.07. The number of amides is 1. The lowest BCUT2D eigenvalue weighted by Crippen LogP contribution is -2.46. The fourth-order valence-electron chi connectivity index (χ4n) is 5.07. The molecule has 1 spiro atoms. The molecule has 1 atom stereocenters. The standard InChI is InChI=1S/C23H14N6O4/c24-9-13-5-6-14(33-13)10-28-18-4-2-1-3-16(18)23(22(28)30)11-29-21(25-26-27-29)15-7-19-20(8-17(15)23)32-12-31-19/h1-8H,10-12H2. The first-order chi connectivity index (χ1) is 16.2. The van der Waals surface area contributed by atoms with Crippen molar-refractivity contribution in [2.24, 2.45) is 0 Å². The van der Waals surface area contributed by atoms with Gasteiger partial charge >= 0.3 is 0 Å². The number of fused-ring (bicyclic) bond motifs is 7. The predicted molar refractivity (Wildman–Crippen MR) is 111 cm³/mol. The number of rotatable bonds is 2. The zero-order valence-electron chi connectivity index (χ0n) is 17.1. The summed E-state index contributed by atoms with van der Waals surface area (Å²) < 4.78 is 18.5. The average molecular weight is 438 g/mol. The summed E-state index contributed by atoms with van der Waals surface area (Å²) in [5.41, 5.74) is 2.07. The summed E-state index contributed by atoms with van der Waals surface area (Å²) in [5, 5.41) is 21.3. The van der Waals surface area contributed by atoms with Gasteiger partial charge in [-0.25, -0.2) is 4.68 Å². The highest BCUT2D eigenvalue weighted by atomic mass is 16.7. The molecule has 10 heteroatoms. The maximum absolute atomic E-state index is 14.3. The van der Waals surface area contributed by atoms with Crippen LogP contribution < -0.4 is 14.4 Å². The maximum atomic E-state index is 14.3. The molecule has 0 N–H and O–H groups in total. The Labute approximate surface area is 186 Å². The number of furan rings is 1. The van der Waals surface area contributed by atoms with E-state index in [1.165, 1.54) is 0 Å². The second kappa shape index (κ2) is 6.20. The van der Waals surface area contributed by atoms with E-state index in [9.17, 15) is 4.79 Å². The summed E-state index contributed by atoms with van der Waals surface area (Å²) in [6.07, 6.45) is 0. The summed E-state index contributed by atoms with van der Waals surface area (Å²) >= 11 is 0. The van der Waals surface area contributed by atoms with E-state index in [0.717, 1.165) is 22.4 Å². The first-order valence-electron chi connectivity index (χ1n) is 10.3. The van der Waals surface area contributed by atoms with E-state index in [1.807, 2.05) is 42.5 Å². The van der Waals surface area contributed by atoms with Crippen molar-refractivity contribution in [2.75, 3.05) is 11.7 Å². The van der Waals surface area contributed by atoms with Crippen LogP contribution in [0.5, 0.6) is 11.5 Å². The van der Waals surface area contributed by atoms with Gasteiger partial charge in [-0.2, -0.15) is 5.26 Å². The van der Waals surface area contributed by atoms with Crippen molar-refractivity contribution in [3.8, 4) is 29.0 Å². The van der Waals surface area contributed by atoms with E-state index >= 15 is 0 Å². The first kappa shape index (κ1) is 18.0. The number of nitrogens with zero attached hydrogens (tertiary/aromatic N) is 6. The molecule has 2 aromatic heterocycles. The van der Waals surface area contributed by atoms with Gasteiger partial charge in [0.1, 0.15) is 17.2 Å². The summed E-state index contributed by atoms with van der Waals surface area (Å²) in [7, 11) is 0. The van der Waals surface area contributed by atoms with Gasteiger partial charge in [-0.1, -0.05) is 18.2 Å². The van der Waals surface area contributed by atoms with Crippen molar-refractivity contribution in [1.82, 2.24) is 20.2 Å². The number of nitriles is 1. The van der Waals surface area contributed by atoms with E-state index in [2.05, 4.69) is 15.5 Å². The van der Waals surface area contributed by atoms with E-state index in [-0.39, 0.29) is 31.5 Å². The van der Waals surface area contributed by atoms with Crippen LogP contribution in [0.2, 0.25) is 0 Å². The molecule has 0 aliphatic carbocycles. The molecule has 4 aromatic rings. The van der Waals surface area contributed by atoms with Crippen LogP contribution in [0.4, 0.5) is 5.69 Å². The summed E-state index contributed by atoms with van der Waals surface area (Å²) in [6, 6.07) is 16.7. The predicted octanol–water partition coefficient (Wildman–Crippen LogP) is 2.38. The lowest BCUT2D eigenvalue weighted by Gasteiger charge is -2.34. The largest absolute Gasteiger partial charge is 0.454 e. The second-order valence-electron chi connectivity index (χ2n) is 8.10. The van der Waals surface area contributed by atoms with Crippen LogP contribution in [0.15, 0.2) is 52.9 Å². The SMILES string of the molecule is N#Cc1ccc(CN2C(=O)C3(Cn4nnnc4-c4cc5c(cc43)OCO5)c3ccccc32)o1. The normalized spacial score (nSPS) is 19.4. The molecule has 7 rings (SSSR count). The van der Waals surface area contributed by atoms with Gasteiger partial charge in [-0.05, 0) is 51.9 Å². The molecule has 2 aromatic carbocycles. The highest BCUT2D eigenvalue weighted by molar-refractivity contribution is 6.11. The quantitative estimate of drug-likeness (QED) is 0.468. The molecule has 10 nitrogen and oxygen atoms in total. The van der Waals surface area contributed by atoms with Gasteiger partial charge < -0.3 is 18.8 Å². The number of para-hydroxylation sites is 1. The minimum Gasteiger partial charge on any atom is -0.454 e. The van der Waals surface area contributed by atoms with Crippen LogP contribution in [-0.2, 0) is 23.3 Å². The number of hydrogen-bond acceptors (Lipinski definition) is 8. The minimum absolute atomic E-state index is 0.118. The molecule has 3 aliphatic heterocycles. The molecule has 0 radical (unpaired) electrons. The molecule has 0 fully saturated rings. The second-order valence-corrected chi connectivity index (χ2v) is 8.10. The van der Waals surface area contributed by atoms with Gasteiger partial charge in [0.25, 0.3) is 0 Å². The maximum Gasteiger partial charge on any atom is 0.244 e. The van der Waals surface area contributed by atoms with Crippen LogP contribution in [-0.4, -0.2) is 32.9 Å². The topological polar surface area (TPSA) is 119 Å². The zero-order chi connectivity index (χ0) is 22.2. The van der Waals surface area contributed by atoms with Gasteiger partial charge in [0.15, 0.2) is 17.3 Å². The van der Waals surface area contributed by atoms with Gasteiger partial charge in [0, 0.05) is 11.3 Å². The molecule has 1 amide bonds. The molecule has 0 bridgehead atoms. The Morgan fingerprint density at radius 3 is 2.79 bits per heavy atom. The molecule has 160 valence electrons. The number of aromatic nitrogens is 4. The molecule has 5 heterocycles. The highest BCUT2D eigenvalue weighted by Crippen LogP contribution is 2.54. The molecule has 33 heavy (non-hydrogen) atoms. The fraction of sp³-hybridized carbons (Fsp3) is 0.174. The van der Waals surface area contributed by atoms with Crippen molar-refractivity contribution < 1.29 is 18.7 Å². The minimum atomic E-state index is -1.06. The highest BCUT2D eigenvalue weighted by Gasteiger charge is 2.56. The number of hydrogen-bond donors (Lipinski definition) is 0. The van der Waals surface area contributed by atoms with Crippen molar-refractivity contribution in [1.29, 1.82) is 5.26 Å². The third-order valence-corrected chi connectivity index (χ3v) is 6.48. The van der Waals surface area contributed by atoms with Crippen LogP contribution >= 0.6 is 0 Å². The molecular formula is C23H14N6O4. The van der Waals surface area contributed by atoms with Crippen LogP contribution in [0.25, 0.3) is 11.4 Å². The van der Waals surface area contributed by atoms with E-state index in [1.54, 1.807) is 21.7 Å². The number of anilines is 1. The van der Waals surface area contributed by atoms with E-state index in [4.69, 9.17) is 19.2 Å². The van der Waals surface area contributed by atoms with Gasteiger partial charge in [0.05, 0.1) is 13.1 Å². The van der Waals surface area contributed by atoms with Crippen molar-refractivity contribution in [3.05, 3.63) is 71.2 Å². The third kappa shape index (κ3) is 2.25. The Balaban J connectivity index is 1.45. The summed E-state index contributed by atoms with van der Waals surface area (Å²) in [6.45, 7) is 0.560. The van der Waals surface area contributed by atoms with Crippen LogP contribution in [0.1, 0.15) is 22.6 Å². The van der Waals surface area contributed by atoms with Crippen molar-refractivity contribution in [3.63, 3.8) is 0 Å². The first-order valence-corrected chi connectivity index (χ1v) is 10.3. The Bertz CT molecular complexity index is 1520. The van der Waals surface area contributed by atoms with Crippen LogP contribution in [0, 0.1) is 11.3 Å². The van der Waals surface area contributed by atoms with Crippen molar-refractivity contribution >= 4 is 11.6 Å². The number of carbonyl (C=O) groups excluding carboxylic acids is 1. The van der Waals surface area contributed by atoms with Crippen molar-refractivity contribution in [2.45, 2.75) is 18.5 Å². The summed E-state index contributed by atoms with van der Waals surface area (Å²) in [5.74, 6) is 2.35. The Kier molecular flexibility index (Phi) is 3.38. The molecule has 0 saturated heterocycles. The lowest BCUT2D eigenvalue weighted by atomic mass is 9.71. The lowest BCUT2D eigenvalue weighted by molar-refractivity contribution is -0.122. The van der Waals surface area contributed by atoms with E-state index < -0.39 is 5.41 Å². The molecule has 1 unspecified atom stereocenters. The summed E-state index contributed by atoms with van der Waals surface area (Å²) in [4.78, 5) is 16.0. The number of carbonyl (C=O) groups is 1. The van der Waals surface area contributed by atoms with E-state index in [0.29, 0.717) is 23.1 Å². The van der Waals surface area contributed by atoms with Gasteiger partial charge in [-0.3, -0.25) is 4.79 Å². The molecular weight excluding hydrogens is 424 g/mol. The Morgan fingerprint density at radius 2 is 1.94 bits per heavy atom. The van der Waals surface area contributed by atoms with Gasteiger partial charge in [0.2, 0.25) is 18.5 Å². The zero-order valence-corrected chi connectivity index (χ0v) is 17.1. The average Bonchev–Trinajstić information content (AvgIpc) is 3.62. The van der Waals surface area contributed by atoms with Gasteiger partial charge in [-0.15, -0.1) is 5.10 Å². The Morgan fingerprint density at radius 1 is 1.09 bits per heavy atom. The molecule has 0 saturated carbocycles. The Hall–Kier alpha value is -4.65. The number of tetrazole rings is 1. The number of benzene rings is 2. The third-order valence-electron chi connectivity index (χ3n) is 6.48. The van der Waals surface area contributed by atoms with Crippen LogP contribution in [0.3, 0.4) is 0 Å². The molecule has 3 aliphatic rings. The number of ether oxygens (including phenoxy) is 2. The smallest absolute Gasteiger partial charge is 0.244 e. The monoisotopic (exact) mass is 438 g/mol.